The Balaban J connectivity index is 1.59. The van der Waals surface area contributed by atoms with E-state index in [0.29, 0.717) is 18.7 Å². The molecule has 0 unspecified atom stereocenters. The standard InChI is InChI=1S/C19H20N2O2S/c1-14(15-7-3-2-4-8-15)20-18(22)11-12-21-16-9-5-6-10-17(16)24-13-19(21)23/h2-10,14H,11-13H2,1H3,(H,20,22)/t14-/m0/s1. The monoisotopic (exact) mass is 340 g/mol. The van der Waals surface area contributed by atoms with Gasteiger partial charge in [0.15, 0.2) is 0 Å². The van der Waals surface area contributed by atoms with Crippen molar-refractivity contribution < 1.29 is 9.59 Å². The molecule has 3 rings (SSSR count). The molecule has 1 aliphatic heterocycles. The molecule has 24 heavy (non-hydrogen) atoms. The smallest absolute Gasteiger partial charge is 0.237 e. The number of fused-ring (bicyclic) bond motifs is 1. The van der Waals surface area contributed by atoms with Gasteiger partial charge in [-0.1, -0.05) is 42.5 Å². The van der Waals surface area contributed by atoms with Crippen LogP contribution < -0.4 is 10.2 Å². The van der Waals surface area contributed by atoms with E-state index < -0.39 is 0 Å². The van der Waals surface area contributed by atoms with Crippen molar-refractivity contribution in [2.75, 3.05) is 17.2 Å². The number of rotatable bonds is 5. The molecule has 124 valence electrons. The van der Waals surface area contributed by atoms with Gasteiger partial charge in [0.2, 0.25) is 11.8 Å². The van der Waals surface area contributed by atoms with Crippen LogP contribution >= 0.6 is 11.8 Å². The zero-order valence-electron chi connectivity index (χ0n) is 13.6. The summed E-state index contributed by atoms with van der Waals surface area (Å²) < 4.78 is 0. The zero-order valence-corrected chi connectivity index (χ0v) is 14.4. The van der Waals surface area contributed by atoms with E-state index in [4.69, 9.17) is 0 Å². The third-order valence-electron chi connectivity index (χ3n) is 4.05. The number of para-hydroxylation sites is 1. The molecule has 4 nitrogen and oxygen atoms in total. The van der Waals surface area contributed by atoms with Crippen LogP contribution in [0.4, 0.5) is 5.69 Å². The van der Waals surface area contributed by atoms with E-state index >= 15 is 0 Å². The molecule has 0 aromatic heterocycles. The van der Waals surface area contributed by atoms with Gasteiger partial charge < -0.3 is 10.2 Å². The third-order valence-corrected chi connectivity index (χ3v) is 5.10. The van der Waals surface area contributed by atoms with Crippen molar-refractivity contribution in [3.8, 4) is 0 Å². The average molecular weight is 340 g/mol. The van der Waals surface area contributed by atoms with E-state index in [2.05, 4.69) is 5.32 Å². The Hall–Kier alpha value is -2.27. The van der Waals surface area contributed by atoms with E-state index in [1.807, 2.05) is 61.5 Å². The van der Waals surface area contributed by atoms with Crippen molar-refractivity contribution in [2.24, 2.45) is 0 Å². The van der Waals surface area contributed by atoms with Gasteiger partial charge in [0.1, 0.15) is 0 Å². The molecule has 1 heterocycles. The topological polar surface area (TPSA) is 49.4 Å². The molecule has 2 aromatic rings. The fourth-order valence-corrected chi connectivity index (χ4v) is 3.69. The van der Waals surface area contributed by atoms with Gasteiger partial charge in [-0.3, -0.25) is 9.59 Å². The van der Waals surface area contributed by atoms with Crippen molar-refractivity contribution in [1.82, 2.24) is 5.32 Å². The fourth-order valence-electron chi connectivity index (χ4n) is 2.75. The summed E-state index contributed by atoms with van der Waals surface area (Å²) in [7, 11) is 0. The lowest BCUT2D eigenvalue weighted by atomic mass is 10.1. The van der Waals surface area contributed by atoms with Crippen LogP contribution in [0.15, 0.2) is 59.5 Å². The Labute approximate surface area is 146 Å². The second kappa shape index (κ2) is 7.53. The molecule has 0 spiro atoms. The minimum atomic E-state index is -0.0464. The Morgan fingerprint density at radius 3 is 2.67 bits per heavy atom. The predicted molar refractivity (Wildman–Crippen MR) is 97.1 cm³/mol. The number of amides is 2. The highest BCUT2D eigenvalue weighted by Crippen LogP contribution is 2.34. The van der Waals surface area contributed by atoms with Crippen LogP contribution in [0.2, 0.25) is 0 Å². The number of thioether (sulfide) groups is 1. The van der Waals surface area contributed by atoms with Gasteiger partial charge in [-0.25, -0.2) is 0 Å². The molecular weight excluding hydrogens is 320 g/mol. The first-order chi connectivity index (χ1) is 11.6. The van der Waals surface area contributed by atoms with Crippen molar-refractivity contribution >= 4 is 29.3 Å². The highest BCUT2D eigenvalue weighted by Gasteiger charge is 2.24. The Morgan fingerprint density at radius 2 is 1.88 bits per heavy atom. The maximum Gasteiger partial charge on any atom is 0.237 e. The van der Waals surface area contributed by atoms with E-state index in [1.165, 1.54) is 0 Å². The molecule has 5 heteroatoms. The lowest BCUT2D eigenvalue weighted by molar-refractivity contribution is -0.121. The molecule has 1 aliphatic rings. The highest BCUT2D eigenvalue weighted by molar-refractivity contribution is 8.00. The van der Waals surface area contributed by atoms with Gasteiger partial charge in [0.25, 0.3) is 0 Å². The summed E-state index contributed by atoms with van der Waals surface area (Å²) in [4.78, 5) is 27.2. The van der Waals surface area contributed by atoms with Crippen LogP contribution in [0, 0.1) is 0 Å². The molecule has 0 saturated heterocycles. The molecule has 0 saturated carbocycles. The molecule has 0 aliphatic carbocycles. The largest absolute Gasteiger partial charge is 0.350 e. The molecule has 0 fully saturated rings. The molecular formula is C19H20N2O2S. The molecule has 1 N–H and O–H groups in total. The summed E-state index contributed by atoms with van der Waals surface area (Å²) in [5, 5.41) is 2.99. The van der Waals surface area contributed by atoms with Crippen LogP contribution in [-0.2, 0) is 9.59 Å². The minimum absolute atomic E-state index is 0.0430. The van der Waals surface area contributed by atoms with Crippen LogP contribution in [0.25, 0.3) is 0 Å². The second-order valence-electron chi connectivity index (χ2n) is 5.75. The van der Waals surface area contributed by atoms with E-state index in [9.17, 15) is 9.59 Å². The number of benzene rings is 2. The number of nitrogens with one attached hydrogen (secondary N) is 1. The first-order valence-corrected chi connectivity index (χ1v) is 9.00. The number of nitrogens with zero attached hydrogens (tertiary/aromatic N) is 1. The lowest BCUT2D eigenvalue weighted by Gasteiger charge is -2.28. The van der Waals surface area contributed by atoms with Crippen LogP contribution in [0.3, 0.4) is 0 Å². The summed E-state index contributed by atoms with van der Waals surface area (Å²) >= 11 is 1.55. The summed E-state index contributed by atoms with van der Waals surface area (Å²) in [6.07, 6.45) is 0.294. The quantitative estimate of drug-likeness (QED) is 0.908. The highest BCUT2D eigenvalue weighted by atomic mass is 32.2. The average Bonchev–Trinajstić information content (AvgIpc) is 2.61. The van der Waals surface area contributed by atoms with Crippen molar-refractivity contribution in [2.45, 2.75) is 24.3 Å². The maximum atomic E-state index is 12.2. The van der Waals surface area contributed by atoms with Crippen LogP contribution in [0.1, 0.15) is 24.9 Å². The summed E-state index contributed by atoms with van der Waals surface area (Å²) in [6, 6.07) is 17.6. The van der Waals surface area contributed by atoms with Crippen molar-refractivity contribution in [3.05, 3.63) is 60.2 Å². The summed E-state index contributed by atoms with van der Waals surface area (Å²) in [5.74, 6) is 0.441. The van der Waals surface area contributed by atoms with Gasteiger partial charge in [-0.15, -0.1) is 11.8 Å². The van der Waals surface area contributed by atoms with Crippen molar-refractivity contribution in [1.29, 1.82) is 0 Å². The summed E-state index contributed by atoms with van der Waals surface area (Å²) in [5.41, 5.74) is 1.98. The third kappa shape index (κ3) is 3.79. The second-order valence-corrected chi connectivity index (χ2v) is 6.77. The Kier molecular flexibility index (Phi) is 5.20. The predicted octanol–water partition coefficient (Wildman–Crippen LogP) is 3.39. The molecule has 0 radical (unpaired) electrons. The molecule has 2 aromatic carbocycles. The number of anilines is 1. The zero-order chi connectivity index (χ0) is 16.9. The summed E-state index contributed by atoms with van der Waals surface area (Å²) in [6.45, 7) is 2.37. The molecule has 1 atom stereocenters. The Morgan fingerprint density at radius 1 is 1.17 bits per heavy atom. The SMILES string of the molecule is C[C@H](NC(=O)CCN1C(=O)CSc2ccccc21)c1ccccc1. The molecule has 0 bridgehead atoms. The van der Waals surface area contributed by atoms with Gasteiger partial charge in [0.05, 0.1) is 17.5 Å². The van der Waals surface area contributed by atoms with Gasteiger partial charge in [-0.2, -0.15) is 0 Å². The molecule has 2 amide bonds. The van der Waals surface area contributed by atoms with E-state index in [0.717, 1.165) is 16.1 Å². The Bertz CT molecular complexity index is 733. The van der Waals surface area contributed by atoms with Crippen LogP contribution in [-0.4, -0.2) is 24.1 Å². The number of hydrogen-bond donors (Lipinski definition) is 1. The van der Waals surface area contributed by atoms with E-state index in [-0.39, 0.29) is 17.9 Å². The normalized spacial score (nSPS) is 14.9. The minimum Gasteiger partial charge on any atom is -0.350 e. The van der Waals surface area contributed by atoms with Crippen LogP contribution in [0.5, 0.6) is 0 Å². The maximum absolute atomic E-state index is 12.2. The number of carbonyl (C=O) groups excluding carboxylic acids is 2. The number of hydrogen-bond acceptors (Lipinski definition) is 3. The van der Waals surface area contributed by atoms with Gasteiger partial charge in [-0.05, 0) is 24.6 Å². The lowest BCUT2D eigenvalue weighted by Crippen LogP contribution is -2.38. The van der Waals surface area contributed by atoms with E-state index in [1.54, 1.807) is 16.7 Å². The first kappa shape index (κ1) is 16.6. The fraction of sp³-hybridized carbons (Fsp3) is 0.263. The van der Waals surface area contributed by atoms with Gasteiger partial charge in [0, 0.05) is 17.9 Å². The van der Waals surface area contributed by atoms with Gasteiger partial charge >= 0.3 is 0 Å². The number of carbonyl (C=O) groups is 2. The van der Waals surface area contributed by atoms with Crippen molar-refractivity contribution in [3.63, 3.8) is 0 Å². The first-order valence-electron chi connectivity index (χ1n) is 8.01.